The van der Waals surface area contributed by atoms with Gasteiger partial charge in [0.25, 0.3) is 0 Å². The predicted octanol–water partition coefficient (Wildman–Crippen LogP) is 2.45. The summed E-state index contributed by atoms with van der Waals surface area (Å²) in [6, 6.07) is 6.46. The third-order valence-electron chi connectivity index (χ3n) is 5.75. The number of hydrogen-bond donors (Lipinski definition) is 1. The van der Waals surface area contributed by atoms with Gasteiger partial charge in [0.2, 0.25) is 5.91 Å². The molecule has 0 radical (unpaired) electrons. The highest BCUT2D eigenvalue weighted by molar-refractivity contribution is 5.84. The van der Waals surface area contributed by atoms with E-state index in [2.05, 4.69) is 18.9 Å². The average molecular weight is 304 g/mol. The zero-order valence-corrected chi connectivity index (χ0v) is 13.4. The Morgan fingerprint density at radius 2 is 2.09 bits per heavy atom. The molecule has 3 nitrogen and oxygen atoms in total. The van der Waals surface area contributed by atoms with Crippen molar-refractivity contribution in [2.45, 2.75) is 26.2 Å². The van der Waals surface area contributed by atoms with E-state index in [9.17, 15) is 9.18 Å². The molecule has 1 amide bonds. The van der Waals surface area contributed by atoms with Gasteiger partial charge >= 0.3 is 0 Å². The molecule has 2 N–H and O–H groups in total. The van der Waals surface area contributed by atoms with Crippen molar-refractivity contribution in [3.8, 4) is 0 Å². The molecule has 2 fully saturated rings. The largest absolute Gasteiger partial charge is 0.369 e. The smallest absolute Gasteiger partial charge is 0.224 e. The number of benzene rings is 1. The molecule has 1 saturated carbocycles. The Kier molecular flexibility index (Phi) is 3.98. The second-order valence-corrected chi connectivity index (χ2v) is 7.33. The van der Waals surface area contributed by atoms with Crippen LogP contribution in [-0.4, -0.2) is 30.9 Å². The molecule has 1 heterocycles. The van der Waals surface area contributed by atoms with E-state index in [0.717, 1.165) is 31.5 Å². The number of carbonyl (C=O) groups excluding carboxylic acids is 1. The van der Waals surface area contributed by atoms with E-state index in [-0.39, 0.29) is 11.7 Å². The van der Waals surface area contributed by atoms with Gasteiger partial charge in [-0.05, 0) is 68.3 Å². The van der Waals surface area contributed by atoms with Crippen molar-refractivity contribution in [1.82, 2.24) is 4.90 Å². The van der Waals surface area contributed by atoms with E-state index in [4.69, 9.17) is 5.73 Å². The van der Waals surface area contributed by atoms with Crippen molar-refractivity contribution >= 4 is 5.91 Å². The summed E-state index contributed by atoms with van der Waals surface area (Å²) in [6.07, 6.45) is 2.67. The van der Waals surface area contributed by atoms with Gasteiger partial charge in [-0.1, -0.05) is 19.1 Å². The predicted molar refractivity (Wildman–Crippen MR) is 84.6 cm³/mol. The molecular formula is C18H25FN2O. The molecule has 2 aliphatic rings. The maximum atomic E-state index is 13.1. The number of nitrogens with two attached hydrogens (primary N) is 1. The first-order chi connectivity index (χ1) is 10.4. The summed E-state index contributed by atoms with van der Waals surface area (Å²) in [6.45, 7) is 4.46. The Bertz CT molecular complexity index is 559. The highest BCUT2D eigenvalue weighted by Gasteiger charge is 2.62. The fourth-order valence-corrected chi connectivity index (χ4v) is 4.40. The molecule has 4 atom stereocenters. The number of piperidine rings is 1. The summed E-state index contributed by atoms with van der Waals surface area (Å²) in [7, 11) is 2.15. The summed E-state index contributed by atoms with van der Waals surface area (Å²) in [5.41, 5.74) is 6.35. The van der Waals surface area contributed by atoms with Gasteiger partial charge in [0.15, 0.2) is 0 Å². The van der Waals surface area contributed by atoms with Gasteiger partial charge in [-0.25, -0.2) is 4.39 Å². The number of amides is 1. The Balaban J connectivity index is 1.75. The molecule has 0 bridgehead atoms. The van der Waals surface area contributed by atoms with Crippen LogP contribution in [0.3, 0.4) is 0 Å². The first-order valence-corrected chi connectivity index (χ1v) is 8.15. The van der Waals surface area contributed by atoms with Crippen molar-refractivity contribution < 1.29 is 9.18 Å². The Hall–Kier alpha value is -1.42. The van der Waals surface area contributed by atoms with Crippen molar-refractivity contribution in [2.75, 3.05) is 20.1 Å². The highest BCUT2D eigenvalue weighted by Crippen LogP contribution is 2.61. The zero-order valence-electron chi connectivity index (χ0n) is 13.4. The monoisotopic (exact) mass is 304 g/mol. The molecule has 0 spiro atoms. The van der Waals surface area contributed by atoms with Crippen LogP contribution >= 0.6 is 0 Å². The SMILES string of the molecule is C[C@@H]1CN(C)CC[C@H]1C1CC1(Cc1ccc(F)cc1)C(N)=O. The van der Waals surface area contributed by atoms with Crippen LogP contribution in [-0.2, 0) is 11.2 Å². The van der Waals surface area contributed by atoms with Gasteiger partial charge in [0.1, 0.15) is 5.82 Å². The van der Waals surface area contributed by atoms with Crippen molar-refractivity contribution in [2.24, 2.45) is 28.9 Å². The Morgan fingerprint density at radius 1 is 1.41 bits per heavy atom. The molecule has 2 unspecified atom stereocenters. The summed E-state index contributed by atoms with van der Waals surface area (Å²) >= 11 is 0. The van der Waals surface area contributed by atoms with Crippen LogP contribution in [0.1, 0.15) is 25.3 Å². The Morgan fingerprint density at radius 3 is 2.68 bits per heavy atom. The zero-order chi connectivity index (χ0) is 15.9. The maximum Gasteiger partial charge on any atom is 0.224 e. The fourth-order valence-electron chi connectivity index (χ4n) is 4.40. The minimum atomic E-state index is -0.410. The quantitative estimate of drug-likeness (QED) is 0.929. The van der Waals surface area contributed by atoms with Crippen LogP contribution in [0.5, 0.6) is 0 Å². The molecule has 1 aliphatic carbocycles. The van der Waals surface area contributed by atoms with Gasteiger partial charge in [-0.2, -0.15) is 0 Å². The Labute approximate surface area is 131 Å². The second kappa shape index (κ2) is 5.65. The van der Waals surface area contributed by atoms with Crippen LogP contribution < -0.4 is 5.73 Å². The minimum absolute atomic E-state index is 0.187. The lowest BCUT2D eigenvalue weighted by molar-refractivity contribution is -0.124. The van der Waals surface area contributed by atoms with E-state index in [0.29, 0.717) is 24.2 Å². The van der Waals surface area contributed by atoms with Crippen molar-refractivity contribution in [3.63, 3.8) is 0 Å². The molecule has 22 heavy (non-hydrogen) atoms. The lowest BCUT2D eigenvalue weighted by Gasteiger charge is -2.36. The molecule has 1 aliphatic heterocycles. The second-order valence-electron chi connectivity index (χ2n) is 7.33. The van der Waals surface area contributed by atoms with E-state index < -0.39 is 5.41 Å². The van der Waals surface area contributed by atoms with Gasteiger partial charge in [-0.3, -0.25) is 4.79 Å². The highest BCUT2D eigenvalue weighted by atomic mass is 19.1. The lowest BCUT2D eigenvalue weighted by Crippen LogP contribution is -2.40. The standard InChI is InChI=1S/C18H25FN2O/c1-12-11-21(2)8-7-15(12)16-10-18(16,17(20)22)9-13-3-5-14(19)6-4-13/h3-6,12,15-16H,7-11H2,1-2H3,(H2,20,22)/t12-,15-,16?,18?/m1/s1. The number of primary amides is 1. The number of nitrogens with zero attached hydrogens (tertiary/aromatic N) is 1. The number of likely N-dealkylation sites (tertiary alicyclic amines) is 1. The third kappa shape index (κ3) is 2.76. The minimum Gasteiger partial charge on any atom is -0.369 e. The van der Waals surface area contributed by atoms with Crippen molar-refractivity contribution in [3.05, 3.63) is 35.6 Å². The molecule has 4 heteroatoms. The van der Waals surface area contributed by atoms with Gasteiger partial charge in [0.05, 0.1) is 5.41 Å². The topological polar surface area (TPSA) is 46.3 Å². The summed E-state index contributed by atoms with van der Waals surface area (Å²) in [4.78, 5) is 14.5. The van der Waals surface area contributed by atoms with Crippen LogP contribution in [0.15, 0.2) is 24.3 Å². The van der Waals surface area contributed by atoms with E-state index in [1.165, 1.54) is 12.1 Å². The van der Waals surface area contributed by atoms with E-state index >= 15 is 0 Å². The third-order valence-corrected chi connectivity index (χ3v) is 5.75. The van der Waals surface area contributed by atoms with Crippen LogP contribution in [0.25, 0.3) is 0 Å². The molecule has 1 aromatic rings. The summed E-state index contributed by atoms with van der Waals surface area (Å²) in [5, 5.41) is 0. The van der Waals surface area contributed by atoms with E-state index in [1.807, 2.05) is 0 Å². The van der Waals surface area contributed by atoms with E-state index in [1.54, 1.807) is 12.1 Å². The van der Waals surface area contributed by atoms with Crippen LogP contribution in [0, 0.1) is 29.0 Å². The summed E-state index contributed by atoms with van der Waals surface area (Å²) < 4.78 is 13.1. The number of hydrogen-bond acceptors (Lipinski definition) is 2. The lowest BCUT2D eigenvalue weighted by atomic mass is 9.78. The van der Waals surface area contributed by atoms with Crippen LogP contribution in [0.4, 0.5) is 4.39 Å². The summed E-state index contributed by atoms with van der Waals surface area (Å²) in [5.74, 6) is 1.13. The molecule has 120 valence electrons. The molecule has 1 aromatic carbocycles. The molecule has 1 saturated heterocycles. The van der Waals surface area contributed by atoms with Crippen molar-refractivity contribution in [1.29, 1.82) is 0 Å². The molecular weight excluding hydrogens is 279 g/mol. The first kappa shape index (κ1) is 15.5. The molecule has 0 aromatic heterocycles. The van der Waals surface area contributed by atoms with Gasteiger partial charge in [0, 0.05) is 6.54 Å². The molecule has 3 rings (SSSR count). The van der Waals surface area contributed by atoms with Gasteiger partial charge in [-0.15, -0.1) is 0 Å². The fraction of sp³-hybridized carbons (Fsp3) is 0.611. The average Bonchev–Trinajstić information content (AvgIpc) is 3.17. The van der Waals surface area contributed by atoms with Crippen LogP contribution in [0.2, 0.25) is 0 Å². The number of halogens is 1. The number of carbonyl (C=O) groups is 1. The van der Waals surface area contributed by atoms with Gasteiger partial charge < -0.3 is 10.6 Å². The first-order valence-electron chi connectivity index (χ1n) is 8.15. The maximum absolute atomic E-state index is 13.1. The number of rotatable bonds is 4. The normalized spacial score (nSPS) is 35.3.